The molecule has 1 heteroatoms. The van der Waals surface area contributed by atoms with Crippen LogP contribution in [0.3, 0.4) is 0 Å². The molecule has 0 bridgehead atoms. The third kappa shape index (κ3) is 1.99. The molecular weight excluding hydrogens is 176 g/mol. The number of rotatable bonds is 2. The summed E-state index contributed by atoms with van der Waals surface area (Å²) in [7, 11) is 0.358. The zero-order chi connectivity index (χ0) is 9.10. The standard InChI is InChI=1S/C12H13S/c1-11-6-5-9-13(11)10-12-7-3-2-4-8-12/h2-9H,10H2,1H3/q+1. The SMILES string of the molecule is Cc1ccc[s+]1Cc1ccccc1. The van der Waals surface area contributed by atoms with Gasteiger partial charge >= 0.3 is 0 Å². The molecule has 0 aliphatic heterocycles. The molecule has 2 rings (SSSR count). The van der Waals surface area contributed by atoms with Crippen molar-refractivity contribution in [2.45, 2.75) is 12.7 Å². The summed E-state index contributed by atoms with van der Waals surface area (Å²) >= 11 is 0. The fourth-order valence-electron chi connectivity index (χ4n) is 1.38. The van der Waals surface area contributed by atoms with Crippen LogP contribution in [0.25, 0.3) is 0 Å². The van der Waals surface area contributed by atoms with Gasteiger partial charge in [0, 0.05) is 12.5 Å². The summed E-state index contributed by atoms with van der Waals surface area (Å²) in [5.41, 5.74) is 1.44. The number of aryl methyl sites for hydroxylation is 1. The molecule has 0 radical (unpaired) electrons. The van der Waals surface area contributed by atoms with Gasteiger partial charge < -0.3 is 0 Å². The molecule has 66 valence electrons. The quantitative estimate of drug-likeness (QED) is 0.630. The maximum atomic E-state index is 2.31. The number of hydrogen-bond acceptors (Lipinski definition) is 0. The van der Waals surface area contributed by atoms with Gasteiger partial charge in [0.25, 0.3) is 0 Å². The zero-order valence-electron chi connectivity index (χ0n) is 7.73. The minimum absolute atomic E-state index is 0.358. The minimum atomic E-state index is 0.358. The van der Waals surface area contributed by atoms with E-state index in [9.17, 15) is 0 Å². The van der Waals surface area contributed by atoms with Crippen molar-refractivity contribution in [1.29, 1.82) is 0 Å². The first-order chi connectivity index (χ1) is 6.36. The third-order valence-corrected chi connectivity index (χ3v) is 4.25. The summed E-state index contributed by atoms with van der Waals surface area (Å²) in [4.78, 5) is 1.50. The van der Waals surface area contributed by atoms with E-state index >= 15 is 0 Å². The lowest BCUT2D eigenvalue weighted by atomic mass is 10.2. The van der Waals surface area contributed by atoms with E-state index in [0.29, 0.717) is 10.5 Å². The summed E-state index contributed by atoms with van der Waals surface area (Å²) in [6.07, 6.45) is 0. The first kappa shape index (κ1) is 8.52. The molecule has 0 N–H and O–H groups in total. The average molecular weight is 189 g/mol. The fraction of sp³-hybridized carbons (Fsp3) is 0.167. The molecule has 0 nitrogen and oxygen atoms in total. The maximum absolute atomic E-state index is 2.31. The van der Waals surface area contributed by atoms with Crippen LogP contribution in [-0.4, -0.2) is 0 Å². The number of benzene rings is 1. The lowest BCUT2D eigenvalue weighted by molar-refractivity contribution is 1.40. The van der Waals surface area contributed by atoms with Crippen LogP contribution in [-0.2, 0) is 5.75 Å². The van der Waals surface area contributed by atoms with Crippen molar-refractivity contribution in [2.75, 3.05) is 0 Å². The van der Waals surface area contributed by atoms with Crippen LogP contribution in [0, 0.1) is 6.92 Å². The van der Waals surface area contributed by atoms with Gasteiger partial charge in [-0.1, -0.05) is 30.3 Å². The lowest BCUT2D eigenvalue weighted by Crippen LogP contribution is -1.78. The molecule has 0 fully saturated rings. The van der Waals surface area contributed by atoms with Crippen molar-refractivity contribution >= 4 is 10.5 Å². The van der Waals surface area contributed by atoms with Gasteiger partial charge in [0.05, 0.1) is 0 Å². The van der Waals surface area contributed by atoms with E-state index < -0.39 is 0 Å². The molecule has 0 saturated heterocycles. The molecule has 1 unspecified atom stereocenters. The van der Waals surface area contributed by atoms with E-state index in [0.717, 1.165) is 0 Å². The normalized spacial score (nSPS) is 11.6. The molecule has 0 saturated carbocycles. The van der Waals surface area contributed by atoms with Crippen LogP contribution >= 0.6 is 10.5 Å². The number of hydrogen-bond donors (Lipinski definition) is 0. The molecule has 2 aromatic rings. The van der Waals surface area contributed by atoms with Crippen LogP contribution < -0.4 is 0 Å². The van der Waals surface area contributed by atoms with Crippen LogP contribution in [0.1, 0.15) is 10.4 Å². The molecule has 0 aliphatic rings. The van der Waals surface area contributed by atoms with Crippen molar-refractivity contribution in [1.82, 2.24) is 0 Å². The van der Waals surface area contributed by atoms with Gasteiger partial charge in [-0.3, -0.25) is 0 Å². The monoisotopic (exact) mass is 189 g/mol. The van der Waals surface area contributed by atoms with Gasteiger partial charge in [0.2, 0.25) is 0 Å². The zero-order valence-corrected chi connectivity index (χ0v) is 8.55. The predicted molar refractivity (Wildman–Crippen MR) is 59.2 cm³/mol. The van der Waals surface area contributed by atoms with Crippen molar-refractivity contribution < 1.29 is 0 Å². The fourth-order valence-corrected chi connectivity index (χ4v) is 2.99. The Morgan fingerprint density at radius 2 is 1.77 bits per heavy atom. The van der Waals surface area contributed by atoms with Crippen molar-refractivity contribution in [2.24, 2.45) is 0 Å². The minimum Gasteiger partial charge on any atom is -0.0622 e. The first-order valence-electron chi connectivity index (χ1n) is 4.45. The third-order valence-electron chi connectivity index (χ3n) is 2.15. The second-order valence-electron chi connectivity index (χ2n) is 3.16. The Labute approximate surface area is 81.8 Å². The Balaban J connectivity index is 2.20. The molecule has 0 amide bonds. The predicted octanol–water partition coefficient (Wildman–Crippen LogP) is 3.79. The van der Waals surface area contributed by atoms with E-state index in [1.165, 1.54) is 16.2 Å². The average Bonchev–Trinajstić information content (AvgIpc) is 2.54. The van der Waals surface area contributed by atoms with Crippen LogP contribution in [0.2, 0.25) is 0 Å². The molecule has 0 spiro atoms. The molecule has 0 aliphatic carbocycles. The smallest absolute Gasteiger partial charge is 0.0622 e. The summed E-state index contributed by atoms with van der Waals surface area (Å²) in [6, 6.07) is 15.1. The summed E-state index contributed by atoms with van der Waals surface area (Å²) in [6.45, 7) is 2.21. The van der Waals surface area contributed by atoms with Gasteiger partial charge in [-0.05, 0) is 22.6 Å². The van der Waals surface area contributed by atoms with Gasteiger partial charge in [-0.25, -0.2) is 0 Å². The van der Waals surface area contributed by atoms with E-state index in [1.54, 1.807) is 0 Å². The molecular formula is C12H13S+. The van der Waals surface area contributed by atoms with Crippen molar-refractivity contribution in [3.8, 4) is 0 Å². The first-order valence-corrected chi connectivity index (χ1v) is 5.91. The van der Waals surface area contributed by atoms with E-state index in [1.807, 2.05) is 0 Å². The molecule has 13 heavy (non-hydrogen) atoms. The Hall–Kier alpha value is -1.08. The Morgan fingerprint density at radius 1 is 1.00 bits per heavy atom. The second-order valence-corrected chi connectivity index (χ2v) is 5.23. The van der Waals surface area contributed by atoms with Crippen molar-refractivity contribution in [3.63, 3.8) is 0 Å². The molecule has 1 aromatic carbocycles. The van der Waals surface area contributed by atoms with E-state index in [4.69, 9.17) is 0 Å². The summed E-state index contributed by atoms with van der Waals surface area (Å²) in [5, 5.41) is 2.31. The molecule has 1 atom stereocenters. The molecule has 1 aromatic heterocycles. The van der Waals surface area contributed by atoms with Gasteiger partial charge in [-0.2, -0.15) is 0 Å². The second kappa shape index (κ2) is 3.75. The largest absolute Gasteiger partial charge is 0.152 e. The summed E-state index contributed by atoms with van der Waals surface area (Å²) in [5.74, 6) is 1.17. The Kier molecular flexibility index (Phi) is 2.46. The van der Waals surface area contributed by atoms with Gasteiger partial charge in [0.15, 0.2) is 5.75 Å². The Morgan fingerprint density at radius 3 is 2.38 bits per heavy atom. The topological polar surface area (TPSA) is 0 Å². The molecule has 1 heterocycles. The maximum Gasteiger partial charge on any atom is 0.152 e. The van der Waals surface area contributed by atoms with E-state index in [2.05, 4.69) is 54.8 Å². The van der Waals surface area contributed by atoms with Gasteiger partial charge in [-0.15, -0.1) is 0 Å². The highest BCUT2D eigenvalue weighted by molar-refractivity contribution is 7.29. The van der Waals surface area contributed by atoms with Crippen LogP contribution in [0.4, 0.5) is 0 Å². The van der Waals surface area contributed by atoms with Crippen molar-refractivity contribution in [3.05, 3.63) is 58.3 Å². The Bertz CT molecular complexity index is 373. The van der Waals surface area contributed by atoms with E-state index in [-0.39, 0.29) is 0 Å². The highest BCUT2D eigenvalue weighted by Crippen LogP contribution is 2.27. The van der Waals surface area contributed by atoms with Gasteiger partial charge in [0.1, 0.15) is 10.3 Å². The van der Waals surface area contributed by atoms with Crippen LogP contribution in [0.5, 0.6) is 0 Å². The summed E-state index contributed by atoms with van der Waals surface area (Å²) < 4.78 is 0. The highest BCUT2D eigenvalue weighted by Gasteiger charge is 2.08. The highest BCUT2D eigenvalue weighted by atomic mass is 32.2. The number of thiophene rings is 1. The van der Waals surface area contributed by atoms with Crippen LogP contribution in [0.15, 0.2) is 47.8 Å². The lowest BCUT2D eigenvalue weighted by Gasteiger charge is -1.93.